The average molecular weight is 434 g/mol. The summed E-state index contributed by atoms with van der Waals surface area (Å²) in [5.74, 6) is -1.53. The second-order valence-corrected chi connectivity index (χ2v) is 7.72. The van der Waals surface area contributed by atoms with Crippen LogP contribution in [0.15, 0.2) is 66.2 Å². The molecule has 1 aromatic heterocycles. The number of hydrogen-bond donors (Lipinski definition) is 1. The molecule has 0 bridgehead atoms. The summed E-state index contributed by atoms with van der Waals surface area (Å²) >= 11 is 5.19. The Morgan fingerprint density at radius 3 is 2.39 bits per heavy atom. The van der Waals surface area contributed by atoms with E-state index in [9.17, 15) is 14.0 Å². The minimum atomic E-state index is -0.554. The summed E-state index contributed by atoms with van der Waals surface area (Å²) in [6.07, 6.45) is 1.58. The summed E-state index contributed by atoms with van der Waals surface area (Å²) in [4.78, 5) is 26.9. The van der Waals surface area contributed by atoms with E-state index in [-0.39, 0.29) is 10.7 Å². The van der Waals surface area contributed by atoms with Crippen LogP contribution in [0.4, 0.5) is 10.1 Å². The molecular weight excluding hydrogens is 413 g/mol. The van der Waals surface area contributed by atoms with Gasteiger partial charge in [0.1, 0.15) is 11.4 Å². The molecule has 2 amide bonds. The fraction of sp³-hybridized carbons (Fsp3) is 0.125. The smallest absolute Gasteiger partial charge is 0.270 e. The zero-order valence-electron chi connectivity index (χ0n) is 17.1. The first-order valence-electron chi connectivity index (χ1n) is 9.73. The van der Waals surface area contributed by atoms with E-state index < -0.39 is 17.6 Å². The van der Waals surface area contributed by atoms with Crippen molar-refractivity contribution >= 4 is 40.9 Å². The van der Waals surface area contributed by atoms with Crippen LogP contribution < -0.4 is 10.2 Å². The van der Waals surface area contributed by atoms with Crippen molar-refractivity contribution < 1.29 is 14.0 Å². The van der Waals surface area contributed by atoms with E-state index in [0.29, 0.717) is 12.2 Å². The van der Waals surface area contributed by atoms with Gasteiger partial charge in [0.05, 0.1) is 5.69 Å². The summed E-state index contributed by atoms with van der Waals surface area (Å²) in [5.41, 5.74) is 4.25. The third-order valence-electron chi connectivity index (χ3n) is 5.28. The van der Waals surface area contributed by atoms with E-state index >= 15 is 0 Å². The molecule has 2 heterocycles. The van der Waals surface area contributed by atoms with Crippen LogP contribution in [0.3, 0.4) is 0 Å². The molecule has 1 N–H and O–H groups in total. The van der Waals surface area contributed by atoms with Crippen LogP contribution >= 0.6 is 12.2 Å². The number of aromatic nitrogens is 1. The minimum Gasteiger partial charge on any atom is -0.344 e. The maximum atomic E-state index is 13.3. The summed E-state index contributed by atoms with van der Waals surface area (Å²) in [6.45, 7) is 4.63. The Bertz CT molecular complexity index is 1210. The second-order valence-electron chi connectivity index (χ2n) is 7.33. The second kappa shape index (κ2) is 8.28. The van der Waals surface area contributed by atoms with Crippen molar-refractivity contribution in [3.63, 3.8) is 0 Å². The lowest BCUT2D eigenvalue weighted by molar-refractivity contribution is -0.122. The van der Waals surface area contributed by atoms with Crippen molar-refractivity contribution in [3.8, 4) is 0 Å². The Balaban J connectivity index is 1.69. The Morgan fingerprint density at radius 2 is 1.71 bits per heavy atom. The van der Waals surface area contributed by atoms with Gasteiger partial charge >= 0.3 is 0 Å². The number of carbonyl (C=O) groups excluding carboxylic acids is 2. The zero-order valence-corrected chi connectivity index (χ0v) is 17.9. The molecule has 3 aromatic rings. The SMILES string of the molecule is Cc1cc(/C=C2\C(=O)NC(=S)N(c3ccc(F)cc3)C2=O)c(C)n1Cc1ccccc1. The number of anilines is 1. The molecule has 0 unspecified atom stereocenters. The molecule has 0 aliphatic carbocycles. The van der Waals surface area contributed by atoms with Gasteiger partial charge in [0.15, 0.2) is 5.11 Å². The van der Waals surface area contributed by atoms with Gasteiger partial charge < -0.3 is 4.57 Å². The highest BCUT2D eigenvalue weighted by molar-refractivity contribution is 7.80. The molecule has 1 aliphatic heterocycles. The number of nitrogens with one attached hydrogen (secondary N) is 1. The molecule has 0 spiro atoms. The fourth-order valence-electron chi connectivity index (χ4n) is 3.62. The van der Waals surface area contributed by atoms with E-state index in [1.165, 1.54) is 29.2 Å². The third kappa shape index (κ3) is 4.04. The minimum absolute atomic E-state index is 0.0297. The predicted octanol–water partition coefficient (Wildman–Crippen LogP) is 4.12. The molecule has 2 aromatic carbocycles. The predicted molar refractivity (Wildman–Crippen MR) is 122 cm³/mol. The lowest BCUT2D eigenvalue weighted by Crippen LogP contribution is -2.54. The van der Waals surface area contributed by atoms with Crippen LogP contribution in [-0.2, 0) is 16.1 Å². The summed E-state index contributed by atoms with van der Waals surface area (Å²) in [6, 6.07) is 17.4. The van der Waals surface area contributed by atoms with E-state index in [1.807, 2.05) is 38.1 Å². The number of halogens is 1. The number of carbonyl (C=O) groups is 2. The van der Waals surface area contributed by atoms with Crippen LogP contribution in [0.5, 0.6) is 0 Å². The van der Waals surface area contributed by atoms with Crippen molar-refractivity contribution in [1.29, 1.82) is 0 Å². The van der Waals surface area contributed by atoms with Crippen molar-refractivity contribution in [3.05, 3.63) is 94.6 Å². The van der Waals surface area contributed by atoms with Gasteiger partial charge in [-0.2, -0.15) is 0 Å². The molecule has 4 rings (SSSR count). The number of benzene rings is 2. The van der Waals surface area contributed by atoms with Crippen LogP contribution in [0.2, 0.25) is 0 Å². The highest BCUT2D eigenvalue weighted by Crippen LogP contribution is 2.25. The zero-order chi connectivity index (χ0) is 22.1. The topological polar surface area (TPSA) is 54.3 Å². The number of nitrogens with zero attached hydrogens (tertiary/aromatic N) is 2. The molecule has 1 saturated heterocycles. The maximum absolute atomic E-state index is 13.3. The Kier molecular flexibility index (Phi) is 5.52. The largest absolute Gasteiger partial charge is 0.344 e. The number of rotatable bonds is 4. The van der Waals surface area contributed by atoms with Gasteiger partial charge in [0.25, 0.3) is 11.8 Å². The normalized spacial score (nSPS) is 15.5. The fourth-order valence-corrected chi connectivity index (χ4v) is 3.90. The number of amides is 2. The lowest BCUT2D eigenvalue weighted by atomic mass is 10.1. The molecule has 0 radical (unpaired) electrons. The highest BCUT2D eigenvalue weighted by Gasteiger charge is 2.34. The number of aryl methyl sites for hydroxylation is 1. The van der Waals surface area contributed by atoms with Crippen LogP contribution in [0.1, 0.15) is 22.5 Å². The van der Waals surface area contributed by atoms with E-state index in [0.717, 1.165) is 22.5 Å². The van der Waals surface area contributed by atoms with Crippen molar-refractivity contribution in [1.82, 2.24) is 9.88 Å². The molecule has 5 nitrogen and oxygen atoms in total. The molecule has 0 atom stereocenters. The van der Waals surface area contributed by atoms with E-state index in [1.54, 1.807) is 6.08 Å². The van der Waals surface area contributed by atoms with Crippen molar-refractivity contribution in [2.24, 2.45) is 0 Å². The van der Waals surface area contributed by atoms with Gasteiger partial charge in [0, 0.05) is 17.9 Å². The van der Waals surface area contributed by atoms with Crippen LogP contribution in [0.25, 0.3) is 6.08 Å². The van der Waals surface area contributed by atoms with Crippen LogP contribution in [0, 0.1) is 19.7 Å². The number of thiocarbonyl (C=S) groups is 1. The summed E-state index contributed by atoms with van der Waals surface area (Å²) in [5, 5.41) is 2.52. The standard InChI is InChI=1S/C24H20FN3O2S/c1-15-12-18(16(2)27(15)14-17-6-4-3-5-7-17)13-21-22(29)26-24(31)28(23(21)30)20-10-8-19(25)9-11-20/h3-13H,14H2,1-2H3,(H,26,29,31)/b21-13+. The molecule has 1 fully saturated rings. The molecule has 0 saturated carbocycles. The van der Waals surface area contributed by atoms with Crippen molar-refractivity contribution in [2.45, 2.75) is 20.4 Å². The monoisotopic (exact) mass is 433 g/mol. The van der Waals surface area contributed by atoms with Gasteiger partial charge in [-0.15, -0.1) is 0 Å². The van der Waals surface area contributed by atoms with Gasteiger partial charge in [-0.1, -0.05) is 30.3 Å². The van der Waals surface area contributed by atoms with E-state index in [4.69, 9.17) is 12.2 Å². The summed E-state index contributed by atoms with van der Waals surface area (Å²) in [7, 11) is 0. The van der Waals surface area contributed by atoms with Gasteiger partial charge in [-0.05, 0) is 73.6 Å². The molecule has 7 heteroatoms. The first-order chi connectivity index (χ1) is 14.8. The lowest BCUT2D eigenvalue weighted by Gasteiger charge is -2.28. The number of hydrogen-bond acceptors (Lipinski definition) is 3. The molecular formula is C24H20FN3O2S. The Hall–Kier alpha value is -3.58. The first-order valence-corrected chi connectivity index (χ1v) is 10.1. The Morgan fingerprint density at radius 1 is 1.03 bits per heavy atom. The van der Waals surface area contributed by atoms with Crippen molar-refractivity contribution in [2.75, 3.05) is 4.90 Å². The van der Waals surface area contributed by atoms with Gasteiger partial charge in [-0.3, -0.25) is 19.8 Å². The maximum Gasteiger partial charge on any atom is 0.270 e. The van der Waals surface area contributed by atoms with Gasteiger partial charge in [0.2, 0.25) is 0 Å². The van der Waals surface area contributed by atoms with Gasteiger partial charge in [-0.25, -0.2) is 4.39 Å². The van der Waals surface area contributed by atoms with Crippen LogP contribution in [-0.4, -0.2) is 21.5 Å². The molecule has 1 aliphatic rings. The molecule has 156 valence electrons. The highest BCUT2D eigenvalue weighted by atomic mass is 32.1. The third-order valence-corrected chi connectivity index (χ3v) is 5.57. The first kappa shape index (κ1) is 20.7. The summed E-state index contributed by atoms with van der Waals surface area (Å²) < 4.78 is 15.4. The average Bonchev–Trinajstić information content (AvgIpc) is 3.00. The Labute approximate surface area is 184 Å². The quantitative estimate of drug-likeness (QED) is 0.383. The molecule has 31 heavy (non-hydrogen) atoms. The van der Waals surface area contributed by atoms with E-state index in [2.05, 4.69) is 22.0 Å².